The molecule has 2 atom stereocenters. The average molecular weight is 192 g/mol. The third-order valence-electron chi connectivity index (χ3n) is 2.68. The number of hydrogen-bond donors (Lipinski definition) is 0. The molecule has 0 radical (unpaired) electrons. The Hall–Kier alpha value is -0.940. The van der Waals surface area contributed by atoms with Crippen molar-refractivity contribution in [3.63, 3.8) is 0 Å². The minimum Gasteiger partial charge on any atom is -0.785 e. The maximum Gasteiger partial charge on any atom is 0.0421 e. The van der Waals surface area contributed by atoms with E-state index in [4.69, 9.17) is 0 Å². The summed E-state index contributed by atoms with van der Waals surface area (Å²) in [5.41, 5.74) is 1.85. The van der Waals surface area contributed by atoms with Crippen molar-refractivity contribution < 1.29 is 0 Å². The van der Waals surface area contributed by atoms with Crippen LogP contribution in [0.2, 0.25) is 0 Å². The van der Waals surface area contributed by atoms with Crippen LogP contribution < -0.4 is 0 Å². The topological polar surface area (TPSA) is 52.6 Å². The SMILES string of the molecule is CN([O-])C1c2cccc(c2)C1N(C)[O-]. The molecule has 1 aromatic rings. The zero-order valence-corrected chi connectivity index (χ0v) is 8.18. The van der Waals surface area contributed by atoms with Crippen molar-refractivity contribution in [2.75, 3.05) is 14.1 Å². The summed E-state index contributed by atoms with van der Waals surface area (Å²) in [5, 5.41) is 24.4. The van der Waals surface area contributed by atoms with E-state index < -0.39 is 0 Å². The van der Waals surface area contributed by atoms with E-state index in [1.807, 2.05) is 24.3 Å². The molecule has 2 bridgehead atoms. The van der Waals surface area contributed by atoms with Crippen molar-refractivity contribution in [3.8, 4) is 0 Å². The molecule has 0 spiro atoms. The number of rotatable bonds is 2. The van der Waals surface area contributed by atoms with Gasteiger partial charge in [-0.1, -0.05) is 24.3 Å². The third-order valence-corrected chi connectivity index (χ3v) is 2.68. The fraction of sp³-hybridized carbons (Fsp3) is 0.400. The Morgan fingerprint density at radius 3 is 1.79 bits per heavy atom. The molecule has 1 aliphatic rings. The molecule has 2 unspecified atom stereocenters. The van der Waals surface area contributed by atoms with Gasteiger partial charge in [0, 0.05) is 12.1 Å². The molecule has 0 amide bonds. The molecule has 0 N–H and O–H groups in total. The van der Waals surface area contributed by atoms with Gasteiger partial charge in [-0.25, -0.2) is 0 Å². The maximum atomic E-state index is 11.4. The number of likely N-dealkylation sites (N-methyl/N-ethyl adjacent to an activating group) is 2. The smallest absolute Gasteiger partial charge is 0.0421 e. The Morgan fingerprint density at radius 2 is 1.43 bits per heavy atom. The third kappa shape index (κ3) is 1.33. The Labute approximate surface area is 82.9 Å². The highest BCUT2D eigenvalue weighted by Crippen LogP contribution is 2.42. The van der Waals surface area contributed by atoms with Crippen LogP contribution in [0.25, 0.3) is 0 Å². The van der Waals surface area contributed by atoms with Crippen LogP contribution in [-0.4, -0.2) is 24.2 Å². The molecule has 14 heavy (non-hydrogen) atoms. The molecule has 0 heterocycles. The molecule has 0 saturated heterocycles. The Balaban J connectivity index is 2.40. The second-order valence-electron chi connectivity index (χ2n) is 3.65. The van der Waals surface area contributed by atoms with Crippen molar-refractivity contribution in [2.24, 2.45) is 0 Å². The zero-order chi connectivity index (χ0) is 10.3. The lowest BCUT2D eigenvalue weighted by Gasteiger charge is -2.42. The molecule has 0 fully saturated rings. The predicted molar refractivity (Wildman–Crippen MR) is 54.2 cm³/mol. The lowest BCUT2D eigenvalue weighted by Crippen LogP contribution is -2.29. The monoisotopic (exact) mass is 192 g/mol. The van der Waals surface area contributed by atoms with E-state index in [1.54, 1.807) is 0 Å². The normalized spacial score (nSPS) is 25.0. The van der Waals surface area contributed by atoms with Crippen LogP contribution in [0.5, 0.6) is 0 Å². The van der Waals surface area contributed by atoms with Crippen LogP contribution >= 0.6 is 0 Å². The van der Waals surface area contributed by atoms with Crippen LogP contribution in [0, 0.1) is 10.4 Å². The molecule has 76 valence electrons. The van der Waals surface area contributed by atoms with Crippen molar-refractivity contribution >= 4 is 0 Å². The number of fused-ring (bicyclic) bond motifs is 2. The van der Waals surface area contributed by atoms with E-state index in [0.29, 0.717) is 0 Å². The summed E-state index contributed by atoms with van der Waals surface area (Å²) in [6.07, 6.45) is 0. The van der Waals surface area contributed by atoms with Gasteiger partial charge in [-0.3, -0.25) is 0 Å². The molecule has 1 aliphatic carbocycles. The van der Waals surface area contributed by atoms with Gasteiger partial charge in [0.1, 0.15) is 0 Å². The Kier molecular flexibility index (Phi) is 2.28. The zero-order valence-electron chi connectivity index (χ0n) is 8.18. The number of nitrogens with zero attached hydrogens (tertiary/aromatic N) is 2. The van der Waals surface area contributed by atoms with Crippen molar-refractivity contribution in [3.05, 3.63) is 45.8 Å². The van der Waals surface area contributed by atoms with Crippen LogP contribution in [0.15, 0.2) is 24.3 Å². The van der Waals surface area contributed by atoms with Gasteiger partial charge < -0.3 is 20.5 Å². The number of hydrogen-bond acceptors (Lipinski definition) is 4. The highest BCUT2D eigenvalue weighted by atomic mass is 16.5. The van der Waals surface area contributed by atoms with Crippen LogP contribution in [0.3, 0.4) is 0 Å². The van der Waals surface area contributed by atoms with E-state index >= 15 is 0 Å². The molecule has 4 nitrogen and oxygen atoms in total. The summed E-state index contributed by atoms with van der Waals surface area (Å²) >= 11 is 0. The molecule has 0 aliphatic heterocycles. The lowest BCUT2D eigenvalue weighted by molar-refractivity contribution is 0.196. The number of benzene rings is 1. The first-order valence-electron chi connectivity index (χ1n) is 4.51. The number of hydroxylamine groups is 4. The summed E-state index contributed by atoms with van der Waals surface area (Å²) in [6, 6.07) is 6.84. The molecule has 1 aromatic carbocycles. The van der Waals surface area contributed by atoms with E-state index in [-0.39, 0.29) is 12.1 Å². The Bertz CT molecular complexity index is 309. The first kappa shape index (κ1) is 9.61. The Morgan fingerprint density at radius 1 is 1.00 bits per heavy atom. The minimum absolute atomic E-state index is 0.359. The van der Waals surface area contributed by atoms with Gasteiger partial charge >= 0.3 is 0 Å². The van der Waals surface area contributed by atoms with E-state index in [2.05, 4.69) is 0 Å². The van der Waals surface area contributed by atoms with E-state index in [0.717, 1.165) is 21.3 Å². The van der Waals surface area contributed by atoms with Gasteiger partial charge in [0.15, 0.2) is 0 Å². The molecule has 4 heteroatoms. The molecule has 2 rings (SSSR count). The predicted octanol–water partition coefficient (Wildman–Crippen LogP) is 1.64. The summed E-state index contributed by atoms with van der Waals surface area (Å²) in [4.78, 5) is 0. The van der Waals surface area contributed by atoms with Crippen molar-refractivity contribution in [2.45, 2.75) is 12.1 Å². The summed E-state index contributed by atoms with van der Waals surface area (Å²) in [5.74, 6) is 0. The molecule has 0 aromatic heterocycles. The van der Waals surface area contributed by atoms with Crippen molar-refractivity contribution in [1.82, 2.24) is 10.1 Å². The first-order valence-corrected chi connectivity index (χ1v) is 4.51. The van der Waals surface area contributed by atoms with Crippen LogP contribution in [-0.2, 0) is 0 Å². The second-order valence-corrected chi connectivity index (χ2v) is 3.65. The van der Waals surface area contributed by atoms with Gasteiger partial charge in [0.05, 0.1) is 0 Å². The highest BCUT2D eigenvalue weighted by Gasteiger charge is 2.30. The maximum absolute atomic E-state index is 11.4. The van der Waals surface area contributed by atoms with Crippen LogP contribution in [0.1, 0.15) is 23.2 Å². The first-order chi connectivity index (χ1) is 6.61. The van der Waals surface area contributed by atoms with Crippen molar-refractivity contribution in [1.29, 1.82) is 0 Å². The highest BCUT2D eigenvalue weighted by molar-refractivity contribution is 5.38. The average Bonchev–Trinajstić information content (AvgIpc) is 2.37. The fourth-order valence-electron chi connectivity index (χ4n) is 2.11. The molecular weight excluding hydrogens is 180 g/mol. The van der Waals surface area contributed by atoms with E-state index in [9.17, 15) is 10.4 Å². The van der Waals surface area contributed by atoms with Gasteiger partial charge in [-0.05, 0) is 25.2 Å². The van der Waals surface area contributed by atoms with Gasteiger partial charge in [0.2, 0.25) is 0 Å². The second kappa shape index (κ2) is 3.33. The van der Waals surface area contributed by atoms with Crippen LogP contribution in [0.4, 0.5) is 0 Å². The van der Waals surface area contributed by atoms with E-state index in [1.165, 1.54) is 14.1 Å². The fourth-order valence-corrected chi connectivity index (χ4v) is 2.11. The standard InChI is InChI=1S/C10H12N2O2/c1-11(13)9-7-4-3-5-8(6-7)10(9)12(2)14/h3-6,9-10H,1-2H3/q-2. The minimum atomic E-state index is -0.359. The summed E-state index contributed by atoms with van der Waals surface area (Å²) < 4.78 is 0. The van der Waals surface area contributed by atoms with Gasteiger partial charge in [-0.15, -0.1) is 0 Å². The quantitative estimate of drug-likeness (QED) is 0.668. The van der Waals surface area contributed by atoms with Gasteiger partial charge in [-0.2, -0.15) is 0 Å². The summed E-state index contributed by atoms with van der Waals surface area (Å²) in [6.45, 7) is 0. The van der Waals surface area contributed by atoms with Gasteiger partial charge in [0.25, 0.3) is 0 Å². The lowest BCUT2D eigenvalue weighted by atomic mass is 10.1. The molecule has 0 saturated carbocycles. The molecular formula is C10H12N2O2-2. The largest absolute Gasteiger partial charge is 0.785 e. The summed E-state index contributed by atoms with van der Waals surface area (Å²) in [7, 11) is 2.91.